The Morgan fingerprint density at radius 2 is 1.89 bits per heavy atom. The van der Waals surface area contributed by atoms with E-state index < -0.39 is 0 Å². The summed E-state index contributed by atoms with van der Waals surface area (Å²) in [7, 11) is 1.99. The van der Waals surface area contributed by atoms with Gasteiger partial charge in [0, 0.05) is 6.04 Å². The number of halogens is 1. The minimum absolute atomic E-state index is 0.144. The van der Waals surface area contributed by atoms with E-state index in [9.17, 15) is 4.39 Å². The van der Waals surface area contributed by atoms with Crippen LogP contribution in [0.3, 0.4) is 0 Å². The molecule has 0 aliphatic heterocycles. The van der Waals surface area contributed by atoms with E-state index in [-0.39, 0.29) is 5.82 Å². The average molecular weight is 251 g/mol. The minimum Gasteiger partial charge on any atom is -0.313 e. The Balaban J connectivity index is 2.49. The second-order valence-electron chi connectivity index (χ2n) is 5.05. The second-order valence-corrected chi connectivity index (χ2v) is 5.05. The van der Waals surface area contributed by atoms with Gasteiger partial charge in [0.1, 0.15) is 5.82 Å². The zero-order chi connectivity index (χ0) is 13.4. The lowest BCUT2D eigenvalue weighted by molar-refractivity contribution is 0.498. The lowest BCUT2D eigenvalue weighted by atomic mass is 9.96. The predicted molar refractivity (Wildman–Crippen MR) is 76.3 cm³/mol. The SMILES string of the molecule is CCCCCCCC(NC)c1ccc(F)cc1C. The largest absolute Gasteiger partial charge is 0.313 e. The molecule has 0 spiro atoms. The summed E-state index contributed by atoms with van der Waals surface area (Å²) in [4.78, 5) is 0. The highest BCUT2D eigenvalue weighted by Crippen LogP contribution is 2.23. The molecule has 1 aromatic carbocycles. The van der Waals surface area contributed by atoms with E-state index in [1.807, 2.05) is 20.0 Å². The van der Waals surface area contributed by atoms with E-state index in [4.69, 9.17) is 0 Å². The summed E-state index contributed by atoms with van der Waals surface area (Å²) in [5.41, 5.74) is 2.28. The molecule has 2 heteroatoms. The highest BCUT2D eigenvalue weighted by molar-refractivity contribution is 5.29. The fourth-order valence-corrected chi connectivity index (χ4v) is 2.44. The molecule has 0 aromatic heterocycles. The molecule has 0 saturated carbocycles. The van der Waals surface area contributed by atoms with Gasteiger partial charge in [0.2, 0.25) is 0 Å². The van der Waals surface area contributed by atoms with Crippen molar-refractivity contribution in [3.63, 3.8) is 0 Å². The number of benzene rings is 1. The maximum atomic E-state index is 13.1. The molecule has 0 aliphatic rings. The molecule has 102 valence electrons. The maximum Gasteiger partial charge on any atom is 0.123 e. The van der Waals surface area contributed by atoms with Gasteiger partial charge in [-0.25, -0.2) is 4.39 Å². The summed E-state index contributed by atoms with van der Waals surface area (Å²) in [5.74, 6) is -0.144. The number of nitrogens with one attached hydrogen (secondary N) is 1. The number of hydrogen-bond donors (Lipinski definition) is 1. The highest BCUT2D eigenvalue weighted by Gasteiger charge is 2.11. The van der Waals surface area contributed by atoms with Gasteiger partial charge in [0.25, 0.3) is 0 Å². The van der Waals surface area contributed by atoms with Crippen molar-refractivity contribution >= 4 is 0 Å². The van der Waals surface area contributed by atoms with Gasteiger partial charge in [-0.15, -0.1) is 0 Å². The molecule has 1 unspecified atom stereocenters. The Bertz CT molecular complexity index is 349. The zero-order valence-electron chi connectivity index (χ0n) is 11.9. The molecule has 18 heavy (non-hydrogen) atoms. The van der Waals surface area contributed by atoms with Crippen LogP contribution in [-0.4, -0.2) is 7.05 Å². The van der Waals surface area contributed by atoms with Gasteiger partial charge in [0.15, 0.2) is 0 Å². The minimum atomic E-state index is -0.144. The summed E-state index contributed by atoms with van der Waals surface area (Å²) >= 11 is 0. The molecule has 0 saturated heterocycles. The van der Waals surface area contributed by atoms with Gasteiger partial charge in [0.05, 0.1) is 0 Å². The summed E-state index contributed by atoms with van der Waals surface area (Å²) in [6, 6.07) is 5.45. The fourth-order valence-electron chi connectivity index (χ4n) is 2.44. The third kappa shape index (κ3) is 4.77. The lowest BCUT2D eigenvalue weighted by Gasteiger charge is -2.19. The molecule has 1 atom stereocenters. The molecule has 0 fully saturated rings. The predicted octanol–water partition coefficient (Wildman–Crippen LogP) is 4.76. The number of aryl methyl sites for hydroxylation is 1. The highest BCUT2D eigenvalue weighted by atomic mass is 19.1. The van der Waals surface area contributed by atoms with Crippen LogP contribution < -0.4 is 5.32 Å². The maximum absolute atomic E-state index is 13.1. The van der Waals surface area contributed by atoms with Crippen molar-refractivity contribution in [3.05, 3.63) is 35.1 Å². The van der Waals surface area contributed by atoms with E-state index in [0.29, 0.717) is 6.04 Å². The molecule has 0 aliphatic carbocycles. The van der Waals surface area contributed by atoms with E-state index in [1.54, 1.807) is 12.1 Å². The van der Waals surface area contributed by atoms with Crippen LogP contribution in [0.15, 0.2) is 18.2 Å². The Morgan fingerprint density at radius 3 is 2.50 bits per heavy atom. The van der Waals surface area contributed by atoms with Gasteiger partial charge < -0.3 is 5.32 Å². The first kappa shape index (κ1) is 15.2. The van der Waals surface area contributed by atoms with E-state index in [1.165, 1.54) is 37.7 Å². The zero-order valence-corrected chi connectivity index (χ0v) is 11.9. The third-order valence-electron chi connectivity index (χ3n) is 3.55. The van der Waals surface area contributed by atoms with Gasteiger partial charge in [-0.2, -0.15) is 0 Å². The lowest BCUT2D eigenvalue weighted by Crippen LogP contribution is -2.17. The van der Waals surface area contributed by atoms with E-state index in [0.717, 1.165) is 12.0 Å². The van der Waals surface area contributed by atoms with Crippen molar-refractivity contribution in [1.29, 1.82) is 0 Å². The van der Waals surface area contributed by atoms with Crippen molar-refractivity contribution in [3.8, 4) is 0 Å². The molecule has 0 amide bonds. The molecule has 1 nitrogen and oxygen atoms in total. The summed E-state index contributed by atoms with van der Waals surface area (Å²) < 4.78 is 13.1. The molecule has 0 radical (unpaired) electrons. The van der Waals surface area contributed by atoms with Crippen LogP contribution in [0.1, 0.15) is 62.6 Å². The monoisotopic (exact) mass is 251 g/mol. The van der Waals surface area contributed by atoms with Crippen molar-refractivity contribution in [2.75, 3.05) is 7.05 Å². The first-order valence-electron chi connectivity index (χ1n) is 7.12. The molecule has 1 rings (SSSR count). The number of unbranched alkanes of at least 4 members (excludes halogenated alkanes) is 4. The van der Waals surface area contributed by atoms with Gasteiger partial charge >= 0.3 is 0 Å². The fraction of sp³-hybridized carbons (Fsp3) is 0.625. The summed E-state index contributed by atoms with van der Waals surface area (Å²) in [6.07, 6.45) is 7.61. The third-order valence-corrected chi connectivity index (χ3v) is 3.55. The Hall–Kier alpha value is -0.890. The van der Waals surface area contributed by atoms with Crippen LogP contribution in [0.5, 0.6) is 0 Å². The van der Waals surface area contributed by atoms with Crippen LogP contribution >= 0.6 is 0 Å². The average Bonchev–Trinajstić information content (AvgIpc) is 2.35. The van der Waals surface area contributed by atoms with Gasteiger partial charge in [-0.05, 0) is 43.7 Å². The van der Waals surface area contributed by atoms with E-state index in [2.05, 4.69) is 12.2 Å². The topological polar surface area (TPSA) is 12.0 Å². The Morgan fingerprint density at radius 1 is 1.17 bits per heavy atom. The van der Waals surface area contributed by atoms with Crippen LogP contribution in [0.4, 0.5) is 4.39 Å². The van der Waals surface area contributed by atoms with Crippen LogP contribution in [0.25, 0.3) is 0 Å². The normalized spacial score (nSPS) is 12.7. The smallest absolute Gasteiger partial charge is 0.123 e. The Kier molecular flexibility index (Phi) is 6.96. The van der Waals surface area contributed by atoms with Crippen LogP contribution in [0.2, 0.25) is 0 Å². The summed E-state index contributed by atoms with van der Waals surface area (Å²) in [6.45, 7) is 4.22. The van der Waals surface area contributed by atoms with Crippen molar-refractivity contribution in [2.45, 2.75) is 58.4 Å². The van der Waals surface area contributed by atoms with Crippen LogP contribution in [0, 0.1) is 12.7 Å². The number of hydrogen-bond acceptors (Lipinski definition) is 1. The molecular formula is C16H26FN. The van der Waals surface area contributed by atoms with Crippen LogP contribution in [-0.2, 0) is 0 Å². The van der Waals surface area contributed by atoms with Gasteiger partial charge in [-0.1, -0.05) is 45.1 Å². The quantitative estimate of drug-likeness (QED) is 0.657. The first-order valence-corrected chi connectivity index (χ1v) is 7.12. The number of rotatable bonds is 8. The first-order chi connectivity index (χ1) is 8.69. The molecule has 0 heterocycles. The molecule has 1 aromatic rings. The van der Waals surface area contributed by atoms with Crippen molar-refractivity contribution in [1.82, 2.24) is 5.32 Å². The molecule has 1 N–H and O–H groups in total. The second kappa shape index (κ2) is 8.25. The van der Waals surface area contributed by atoms with Crippen molar-refractivity contribution in [2.24, 2.45) is 0 Å². The standard InChI is InChI=1S/C16H26FN/c1-4-5-6-7-8-9-16(18-3)15-11-10-14(17)12-13(15)2/h10-12,16,18H,4-9H2,1-3H3. The molecular weight excluding hydrogens is 225 g/mol. The van der Waals surface area contributed by atoms with Crippen molar-refractivity contribution < 1.29 is 4.39 Å². The molecule has 0 bridgehead atoms. The summed E-state index contributed by atoms with van der Waals surface area (Å²) in [5, 5.41) is 3.35. The Labute approximate surface area is 111 Å². The van der Waals surface area contributed by atoms with Gasteiger partial charge in [-0.3, -0.25) is 0 Å². The van der Waals surface area contributed by atoms with E-state index >= 15 is 0 Å².